The molecule has 0 bridgehead atoms. The number of fused-ring (bicyclic) bond motifs is 4. The van der Waals surface area contributed by atoms with Gasteiger partial charge in [0.05, 0.1) is 29.4 Å². The van der Waals surface area contributed by atoms with E-state index in [9.17, 15) is 19.2 Å². The Bertz CT molecular complexity index is 1990. The molecule has 2 saturated heterocycles. The maximum absolute atomic E-state index is 13.6. The molecule has 2 aliphatic heterocycles. The zero-order valence-electron chi connectivity index (χ0n) is 30.9. The van der Waals surface area contributed by atoms with Crippen molar-refractivity contribution in [1.29, 1.82) is 0 Å². The van der Waals surface area contributed by atoms with E-state index in [0.717, 1.165) is 29.5 Å². The minimum Gasteiger partial charge on any atom is -0.276 e. The fraction of sp³-hybridized carbons (Fsp3) is 0.348. The first-order valence-electron chi connectivity index (χ1n) is 18.7. The van der Waals surface area contributed by atoms with Crippen LogP contribution in [-0.2, 0) is 37.4 Å². The van der Waals surface area contributed by atoms with Crippen LogP contribution in [0.25, 0.3) is 11.1 Å². The van der Waals surface area contributed by atoms with Crippen LogP contribution in [0.4, 0.5) is 5.69 Å². The number of likely N-dealkylation sites (tertiary alicyclic amines) is 1. The predicted molar refractivity (Wildman–Crippen MR) is 206 cm³/mol. The van der Waals surface area contributed by atoms with E-state index in [1.807, 2.05) is 39.0 Å². The summed E-state index contributed by atoms with van der Waals surface area (Å²) in [6, 6.07) is 33.7. The lowest BCUT2D eigenvalue weighted by atomic mass is 9.59. The van der Waals surface area contributed by atoms with E-state index < -0.39 is 29.2 Å². The lowest BCUT2D eigenvalue weighted by molar-refractivity contribution is -0.147. The quantitative estimate of drug-likeness (QED) is 0.110. The van der Waals surface area contributed by atoms with Crippen molar-refractivity contribution in [1.82, 2.24) is 4.90 Å². The summed E-state index contributed by atoms with van der Waals surface area (Å²) in [5.74, 6) is -4.34. The number of imide groups is 2. The van der Waals surface area contributed by atoms with Crippen molar-refractivity contribution < 1.29 is 19.2 Å². The first-order chi connectivity index (χ1) is 25.0. The molecular weight excluding hydrogens is 645 g/mol. The lowest BCUT2D eigenvalue weighted by Crippen LogP contribution is -2.50. The molecule has 7 rings (SSSR count). The predicted octanol–water partition coefficient (Wildman–Crippen LogP) is 8.69. The van der Waals surface area contributed by atoms with Crippen molar-refractivity contribution in [3.05, 3.63) is 138 Å². The molecule has 6 heteroatoms. The van der Waals surface area contributed by atoms with E-state index in [4.69, 9.17) is 0 Å². The Balaban J connectivity index is 0.970. The fourth-order valence-electron chi connectivity index (χ4n) is 8.48. The summed E-state index contributed by atoms with van der Waals surface area (Å²) in [6.45, 7) is 14.3. The second-order valence-corrected chi connectivity index (χ2v) is 15.4. The lowest BCUT2D eigenvalue weighted by Gasteiger charge is -2.36. The molecule has 1 aliphatic carbocycles. The molecule has 3 aliphatic rings. The smallest absolute Gasteiger partial charge is 0.238 e. The first-order valence-corrected chi connectivity index (χ1v) is 18.7. The highest BCUT2D eigenvalue weighted by molar-refractivity contribution is 6.27. The van der Waals surface area contributed by atoms with Gasteiger partial charge in [0.2, 0.25) is 23.6 Å². The highest BCUT2D eigenvalue weighted by Gasteiger charge is 2.74. The molecule has 4 aromatic carbocycles. The monoisotopic (exact) mass is 692 g/mol. The number of benzene rings is 4. The Morgan fingerprint density at radius 2 is 0.904 bits per heavy atom. The largest absolute Gasteiger partial charge is 0.276 e. The van der Waals surface area contributed by atoms with Crippen LogP contribution < -0.4 is 4.90 Å². The summed E-state index contributed by atoms with van der Waals surface area (Å²) >= 11 is 0. The number of hydrogen-bond donors (Lipinski definition) is 0. The molecule has 0 spiro atoms. The number of hydrogen-bond acceptors (Lipinski definition) is 4. The van der Waals surface area contributed by atoms with Gasteiger partial charge < -0.3 is 0 Å². The molecule has 4 aromatic rings. The van der Waals surface area contributed by atoms with Gasteiger partial charge in [-0.15, -0.1) is 6.58 Å². The summed E-state index contributed by atoms with van der Waals surface area (Å²) in [7, 11) is 0. The highest BCUT2D eigenvalue weighted by atomic mass is 16.2. The zero-order chi connectivity index (χ0) is 36.9. The van der Waals surface area contributed by atoms with E-state index >= 15 is 0 Å². The molecule has 0 aromatic heterocycles. The van der Waals surface area contributed by atoms with Crippen LogP contribution in [0.5, 0.6) is 0 Å². The summed E-state index contributed by atoms with van der Waals surface area (Å²) in [5.41, 5.74) is 8.25. The minimum absolute atomic E-state index is 0.000468. The molecule has 3 fully saturated rings. The summed E-state index contributed by atoms with van der Waals surface area (Å²) in [4.78, 5) is 56.6. The van der Waals surface area contributed by atoms with Crippen molar-refractivity contribution in [2.75, 3.05) is 4.90 Å². The maximum Gasteiger partial charge on any atom is 0.238 e. The normalized spacial score (nSPS) is 22.2. The van der Waals surface area contributed by atoms with Gasteiger partial charge in [0.1, 0.15) is 0 Å². The number of nitrogens with zero attached hydrogens (tertiary/aromatic N) is 2. The van der Waals surface area contributed by atoms with Gasteiger partial charge in [-0.05, 0) is 90.1 Å². The number of anilines is 1. The third-order valence-electron chi connectivity index (χ3n) is 12.7. The third kappa shape index (κ3) is 5.73. The van der Waals surface area contributed by atoms with Gasteiger partial charge >= 0.3 is 0 Å². The Labute approximate surface area is 307 Å². The average Bonchev–Trinajstić information content (AvgIpc) is 3.49. The van der Waals surface area contributed by atoms with Crippen molar-refractivity contribution in [3.63, 3.8) is 0 Å². The summed E-state index contributed by atoms with van der Waals surface area (Å²) in [5, 5.41) is 0. The molecule has 1 saturated carbocycles. The maximum atomic E-state index is 13.6. The number of carbonyl (C=O) groups excluding carboxylic acids is 4. The second kappa shape index (κ2) is 13.5. The van der Waals surface area contributed by atoms with Crippen molar-refractivity contribution in [3.8, 4) is 11.1 Å². The number of carbonyl (C=O) groups is 4. The summed E-state index contributed by atoms with van der Waals surface area (Å²) < 4.78 is 0. The molecule has 52 heavy (non-hydrogen) atoms. The number of allylic oxidation sites excluding steroid dienone is 1. The Morgan fingerprint density at radius 1 is 0.538 bits per heavy atom. The molecule has 266 valence electrons. The minimum atomic E-state index is -0.760. The van der Waals surface area contributed by atoms with E-state index in [1.54, 1.807) is 12.1 Å². The van der Waals surface area contributed by atoms with Crippen molar-refractivity contribution >= 4 is 29.3 Å². The molecule has 5 unspecified atom stereocenters. The van der Waals surface area contributed by atoms with Gasteiger partial charge in [-0.1, -0.05) is 119 Å². The van der Waals surface area contributed by atoms with Gasteiger partial charge in [-0.25, -0.2) is 0 Å². The van der Waals surface area contributed by atoms with Gasteiger partial charge in [0.25, 0.3) is 0 Å². The van der Waals surface area contributed by atoms with Crippen molar-refractivity contribution in [2.45, 2.75) is 77.7 Å². The van der Waals surface area contributed by atoms with Crippen LogP contribution >= 0.6 is 0 Å². The number of amides is 4. The average molecular weight is 693 g/mol. The third-order valence-corrected chi connectivity index (χ3v) is 12.7. The molecule has 2 heterocycles. The van der Waals surface area contributed by atoms with Crippen molar-refractivity contribution in [2.24, 2.45) is 23.7 Å². The van der Waals surface area contributed by atoms with E-state index in [-0.39, 0.29) is 29.0 Å². The SMILES string of the molecule is C=CC(C)(CC)c1ccc(Cc2ccc(-c3ccc(Cc4ccc(N5C(=O)C6C(C5=O)C5C(=O)N(C(C)(CC)CC)C(=O)C65)cc4)cc3)cc2)cc1. The molecule has 4 amide bonds. The molecule has 0 N–H and O–H groups in total. The number of rotatable bonds is 12. The van der Waals surface area contributed by atoms with Crippen LogP contribution in [-0.4, -0.2) is 34.1 Å². The Hall–Kier alpha value is -5.10. The molecule has 5 atom stereocenters. The van der Waals surface area contributed by atoms with Crippen LogP contribution in [0, 0.1) is 23.7 Å². The van der Waals surface area contributed by atoms with Gasteiger partial charge in [-0.3, -0.25) is 29.0 Å². The summed E-state index contributed by atoms with van der Waals surface area (Å²) in [6.07, 6.45) is 5.90. The topological polar surface area (TPSA) is 74.8 Å². The van der Waals surface area contributed by atoms with Crippen LogP contribution in [0.1, 0.15) is 81.7 Å². The second-order valence-electron chi connectivity index (χ2n) is 15.4. The standard InChI is InChI=1S/C46H48N2O4/c1-7-45(5,8-2)35-23-15-31(16-24-35)27-29-11-19-33(20-12-29)34-21-13-30(14-22-34)28-32-17-25-36(26-18-32)47-41(49)37-38(42(47)50)40-39(37)43(51)48(44(40)52)46(6,9-3)10-4/h7,11-26,37-40H,1,8-10,27-28H2,2-6H3. The van der Waals surface area contributed by atoms with Gasteiger partial charge in [0.15, 0.2) is 0 Å². The molecular formula is C46H48N2O4. The van der Waals surface area contributed by atoms with Crippen LogP contribution in [0.2, 0.25) is 0 Å². The van der Waals surface area contributed by atoms with Crippen LogP contribution in [0.15, 0.2) is 110 Å². The highest BCUT2D eigenvalue weighted by Crippen LogP contribution is 2.58. The van der Waals surface area contributed by atoms with E-state index in [0.29, 0.717) is 24.9 Å². The van der Waals surface area contributed by atoms with E-state index in [2.05, 4.69) is 93.2 Å². The zero-order valence-corrected chi connectivity index (χ0v) is 30.9. The molecule has 6 nitrogen and oxygen atoms in total. The Kier molecular flexibility index (Phi) is 9.14. The van der Waals surface area contributed by atoms with Gasteiger partial charge in [0, 0.05) is 11.0 Å². The fourth-order valence-corrected chi connectivity index (χ4v) is 8.48. The van der Waals surface area contributed by atoms with Gasteiger partial charge in [-0.2, -0.15) is 0 Å². The first kappa shape index (κ1) is 35.3. The Morgan fingerprint density at radius 3 is 1.27 bits per heavy atom. The van der Waals surface area contributed by atoms with E-state index in [1.165, 1.54) is 32.1 Å². The molecule has 0 radical (unpaired) electrons. The van der Waals surface area contributed by atoms with Crippen LogP contribution in [0.3, 0.4) is 0 Å².